The predicted molar refractivity (Wildman–Crippen MR) is 121 cm³/mol. The second-order valence-corrected chi connectivity index (χ2v) is 8.27. The molecule has 8 heteroatoms. The standard InChI is InChI=1S/C23H23N3O4S/c1-29-16-5-4-6-17(12-16)30-14-22(27)26-10-9-15-11-20(31-21(15)13-26)23(28)25-19-8-3-2-7-18(19)24/h2-8,11-12H,9-10,13-14,24H2,1H3,(H,25,28). The number of thiophene rings is 1. The smallest absolute Gasteiger partial charge is 0.265 e. The highest BCUT2D eigenvalue weighted by molar-refractivity contribution is 7.14. The minimum atomic E-state index is -0.198. The Morgan fingerprint density at radius 3 is 2.74 bits per heavy atom. The summed E-state index contributed by atoms with van der Waals surface area (Å²) in [5.41, 5.74) is 8.12. The van der Waals surface area contributed by atoms with Crippen LogP contribution < -0.4 is 20.5 Å². The average molecular weight is 438 g/mol. The number of amides is 2. The minimum Gasteiger partial charge on any atom is -0.497 e. The molecule has 1 aliphatic heterocycles. The van der Waals surface area contributed by atoms with Crippen LogP contribution in [0.3, 0.4) is 0 Å². The molecule has 0 bridgehead atoms. The van der Waals surface area contributed by atoms with E-state index >= 15 is 0 Å². The van der Waals surface area contributed by atoms with Crippen molar-refractivity contribution in [3.63, 3.8) is 0 Å². The van der Waals surface area contributed by atoms with E-state index in [2.05, 4.69) is 5.32 Å². The Hall–Kier alpha value is -3.52. The van der Waals surface area contributed by atoms with E-state index in [9.17, 15) is 9.59 Å². The molecule has 0 saturated heterocycles. The second-order valence-electron chi connectivity index (χ2n) is 7.13. The highest BCUT2D eigenvalue weighted by Gasteiger charge is 2.25. The van der Waals surface area contributed by atoms with Crippen LogP contribution in [0.4, 0.5) is 11.4 Å². The number of para-hydroxylation sites is 2. The number of nitrogens with one attached hydrogen (secondary N) is 1. The number of nitrogen functional groups attached to an aromatic ring is 1. The Morgan fingerprint density at radius 1 is 1.13 bits per heavy atom. The molecule has 0 aliphatic carbocycles. The molecular weight excluding hydrogens is 414 g/mol. The van der Waals surface area contributed by atoms with E-state index in [1.165, 1.54) is 11.3 Å². The van der Waals surface area contributed by atoms with E-state index in [1.807, 2.05) is 30.3 Å². The van der Waals surface area contributed by atoms with Crippen molar-refractivity contribution >= 4 is 34.5 Å². The van der Waals surface area contributed by atoms with Crippen LogP contribution in [-0.4, -0.2) is 37.0 Å². The molecule has 2 amide bonds. The fourth-order valence-corrected chi connectivity index (χ4v) is 4.49. The quantitative estimate of drug-likeness (QED) is 0.575. The highest BCUT2D eigenvalue weighted by atomic mass is 32.1. The number of fused-ring (bicyclic) bond motifs is 1. The van der Waals surface area contributed by atoms with Crippen LogP contribution in [0.15, 0.2) is 54.6 Å². The zero-order chi connectivity index (χ0) is 21.8. The Labute approximate surface area is 184 Å². The number of carbonyl (C=O) groups excluding carboxylic acids is 2. The molecule has 160 valence electrons. The van der Waals surface area contributed by atoms with Gasteiger partial charge in [0.25, 0.3) is 11.8 Å². The van der Waals surface area contributed by atoms with Crippen LogP contribution in [-0.2, 0) is 17.8 Å². The Kier molecular flexibility index (Phi) is 6.08. The lowest BCUT2D eigenvalue weighted by Crippen LogP contribution is -2.38. The summed E-state index contributed by atoms with van der Waals surface area (Å²) < 4.78 is 10.8. The third kappa shape index (κ3) is 4.80. The van der Waals surface area contributed by atoms with Crippen molar-refractivity contribution in [2.45, 2.75) is 13.0 Å². The van der Waals surface area contributed by atoms with Gasteiger partial charge in [-0.05, 0) is 42.3 Å². The van der Waals surface area contributed by atoms with Gasteiger partial charge in [0.1, 0.15) is 11.5 Å². The van der Waals surface area contributed by atoms with E-state index in [1.54, 1.807) is 36.3 Å². The van der Waals surface area contributed by atoms with Gasteiger partial charge in [0, 0.05) is 17.5 Å². The van der Waals surface area contributed by atoms with E-state index in [4.69, 9.17) is 15.2 Å². The SMILES string of the molecule is COc1cccc(OCC(=O)N2CCc3cc(C(=O)Nc4ccccc4N)sc3C2)c1. The third-order valence-electron chi connectivity index (χ3n) is 5.07. The fraction of sp³-hybridized carbons (Fsp3) is 0.217. The van der Waals surface area contributed by atoms with Crippen molar-refractivity contribution < 1.29 is 19.1 Å². The summed E-state index contributed by atoms with van der Waals surface area (Å²) in [6.45, 7) is 1.02. The van der Waals surface area contributed by atoms with Gasteiger partial charge in [0.15, 0.2) is 6.61 Å². The molecule has 3 aromatic rings. The first-order chi connectivity index (χ1) is 15.0. The van der Waals surface area contributed by atoms with Gasteiger partial charge in [-0.2, -0.15) is 0 Å². The Balaban J connectivity index is 1.37. The molecule has 0 unspecified atom stereocenters. The fourth-order valence-electron chi connectivity index (χ4n) is 3.37. The van der Waals surface area contributed by atoms with Crippen molar-refractivity contribution in [2.24, 2.45) is 0 Å². The maximum Gasteiger partial charge on any atom is 0.265 e. The molecule has 1 aromatic heterocycles. The first-order valence-electron chi connectivity index (χ1n) is 9.85. The molecule has 0 spiro atoms. The Morgan fingerprint density at radius 2 is 1.94 bits per heavy atom. The number of rotatable bonds is 6. The number of benzene rings is 2. The maximum atomic E-state index is 12.6. The molecule has 0 fully saturated rings. The van der Waals surface area contributed by atoms with Crippen molar-refractivity contribution in [3.8, 4) is 11.5 Å². The summed E-state index contributed by atoms with van der Waals surface area (Å²) >= 11 is 1.41. The Bertz CT molecular complexity index is 1110. The normalized spacial score (nSPS) is 12.7. The van der Waals surface area contributed by atoms with E-state index in [0.29, 0.717) is 47.3 Å². The van der Waals surface area contributed by atoms with Crippen molar-refractivity contribution in [1.29, 1.82) is 0 Å². The first kappa shape index (κ1) is 20.7. The van der Waals surface area contributed by atoms with Crippen LogP contribution in [0.25, 0.3) is 0 Å². The molecule has 0 saturated carbocycles. The summed E-state index contributed by atoms with van der Waals surface area (Å²) in [6, 6.07) is 16.2. The molecule has 3 N–H and O–H groups in total. The third-order valence-corrected chi connectivity index (χ3v) is 6.23. The molecule has 2 aromatic carbocycles. The van der Waals surface area contributed by atoms with E-state index < -0.39 is 0 Å². The van der Waals surface area contributed by atoms with Crippen LogP contribution in [0, 0.1) is 0 Å². The van der Waals surface area contributed by atoms with Crippen molar-refractivity contribution in [1.82, 2.24) is 4.90 Å². The monoisotopic (exact) mass is 437 g/mol. The summed E-state index contributed by atoms with van der Waals surface area (Å²) in [6.07, 6.45) is 0.706. The number of ether oxygens (including phenoxy) is 2. The van der Waals surface area contributed by atoms with Crippen molar-refractivity contribution in [2.75, 3.05) is 31.3 Å². The molecule has 1 aliphatic rings. The number of hydrogen-bond donors (Lipinski definition) is 2. The van der Waals surface area contributed by atoms with Gasteiger partial charge in [-0.1, -0.05) is 18.2 Å². The van der Waals surface area contributed by atoms with E-state index in [0.717, 1.165) is 10.4 Å². The largest absolute Gasteiger partial charge is 0.497 e. The average Bonchev–Trinajstić information content (AvgIpc) is 3.23. The van der Waals surface area contributed by atoms with Crippen LogP contribution in [0.2, 0.25) is 0 Å². The zero-order valence-electron chi connectivity index (χ0n) is 17.1. The topological polar surface area (TPSA) is 93.9 Å². The molecule has 0 radical (unpaired) electrons. The number of anilines is 2. The van der Waals surface area contributed by atoms with E-state index in [-0.39, 0.29) is 18.4 Å². The minimum absolute atomic E-state index is 0.0471. The summed E-state index contributed by atoms with van der Waals surface area (Å²) in [5, 5.41) is 2.85. The predicted octanol–water partition coefficient (Wildman–Crippen LogP) is 3.55. The molecule has 7 nitrogen and oxygen atoms in total. The summed E-state index contributed by atoms with van der Waals surface area (Å²) in [7, 11) is 1.58. The molecule has 2 heterocycles. The number of hydrogen-bond acceptors (Lipinski definition) is 6. The lowest BCUT2D eigenvalue weighted by atomic mass is 10.1. The summed E-state index contributed by atoms with van der Waals surface area (Å²) in [4.78, 5) is 28.7. The number of nitrogens with zero attached hydrogens (tertiary/aromatic N) is 1. The van der Waals surface area contributed by atoms with Crippen molar-refractivity contribution in [3.05, 3.63) is 69.9 Å². The van der Waals surface area contributed by atoms with Gasteiger partial charge in [-0.3, -0.25) is 9.59 Å². The number of carbonyl (C=O) groups is 2. The number of methoxy groups -OCH3 is 1. The van der Waals surface area contributed by atoms with Gasteiger partial charge in [-0.25, -0.2) is 0 Å². The maximum absolute atomic E-state index is 12.6. The second kappa shape index (κ2) is 9.09. The lowest BCUT2D eigenvalue weighted by Gasteiger charge is -2.26. The first-order valence-corrected chi connectivity index (χ1v) is 10.7. The van der Waals surface area contributed by atoms with Gasteiger partial charge in [0.05, 0.1) is 29.9 Å². The molecular formula is C23H23N3O4S. The van der Waals surface area contributed by atoms with Crippen LogP contribution >= 0.6 is 11.3 Å². The van der Waals surface area contributed by atoms with Crippen LogP contribution in [0.5, 0.6) is 11.5 Å². The molecule has 0 atom stereocenters. The molecule has 31 heavy (non-hydrogen) atoms. The summed E-state index contributed by atoms with van der Waals surface area (Å²) in [5.74, 6) is 0.969. The van der Waals surface area contributed by atoms with Crippen LogP contribution in [0.1, 0.15) is 20.1 Å². The lowest BCUT2D eigenvalue weighted by molar-refractivity contribution is -0.134. The van der Waals surface area contributed by atoms with Gasteiger partial charge in [0.2, 0.25) is 0 Å². The van der Waals surface area contributed by atoms with Gasteiger partial charge in [-0.15, -0.1) is 11.3 Å². The van der Waals surface area contributed by atoms with Gasteiger partial charge >= 0.3 is 0 Å². The highest BCUT2D eigenvalue weighted by Crippen LogP contribution is 2.29. The van der Waals surface area contributed by atoms with Gasteiger partial charge < -0.3 is 25.4 Å². The molecule has 4 rings (SSSR count). The number of nitrogens with two attached hydrogens (primary N) is 1. The zero-order valence-corrected chi connectivity index (χ0v) is 17.9.